The quantitative estimate of drug-likeness (QED) is 0.510. The summed E-state index contributed by atoms with van der Waals surface area (Å²) in [5.74, 6) is -1.19. The van der Waals surface area contributed by atoms with Crippen LogP contribution in [0.15, 0.2) is 12.2 Å². The Morgan fingerprint density at radius 3 is 1.75 bits per heavy atom. The van der Waals surface area contributed by atoms with Gasteiger partial charge < -0.3 is 15.4 Å². The predicted molar refractivity (Wildman–Crippen MR) is 20.5 cm³/mol. The van der Waals surface area contributed by atoms with Crippen LogP contribution in [0.2, 0.25) is 0 Å². The standard InChI is InChI=1S/C4H6O2.O.Zr/c1-3(2)4(5)6;;/h1H2,2H3,(H,5,6);;/q;-2;+3/p-1. The largest absolute Gasteiger partial charge is 3.00 e. The zero-order valence-corrected chi connectivity index (χ0v) is 6.89. The van der Waals surface area contributed by atoms with Gasteiger partial charge in [-0.2, -0.15) is 0 Å². The molecule has 0 atom stereocenters. The van der Waals surface area contributed by atoms with Crippen molar-refractivity contribution in [3.05, 3.63) is 12.2 Å². The number of rotatable bonds is 1. The molecule has 0 aliphatic rings. The van der Waals surface area contributed by atoms with Gasteiger partial charge in [-0.3, -0.25) is 0 Å². The van der Waals surface area contributed by atoms with E-state index >= 15 is 0 Å². The molecule has 1 radical (unpaired) electrons. The molecule has 0 heterocycles. The molecule has 3 nitrogen and oxygen atoms in total. The van der Waals surface area contributed by atoms with Gasteiger partial charge in [-0.1, -0.05) is 6.58 Å². The van der Waals surface area contributed by atoms with Crippen molar-refractivity contribution in [2.24, 2.45) is 0 Å². The van der Waals surface area contributed by atoms with Crippen molar-refractivity contribution in [1.82, 2.24) is 0 Å². The Morgan fingerprint density at radius 2 is 1.75 bits per heavy atom. The van der Waals surface area contributed by atoms with Gasteiger partial charge in [-0.05, 0) is 12.5 Å². The van der Waals surface area contributed by atoms with E-state index in [4.69, 9.17) is 0 Å². The summed E-state index contributed by atoms with van der Waals surface area (Å²) < 4.78 is 0. The van der Waals surface area contributed by atoms with Crippen LogP contribution >= 0.6 is 0 Å². The molecule has 0 saturated heterocycles. The van der Waals surface area contributed by atoms with Gasteiger partial charge in [0.1, 0.15) is 0 Å². The average Bonchev–Trinajstić information content (AvgIpc) is 1.36. The minimum Gasteiger partial charge on any atom is -2.00 e. The van der Waals surface area contributed by atoms with E-state index in [0.29, 0.717) is 0 Å². The topological polar surface area (TPSA) is 68.6 Å². The molecule has 0 unspecified atom stereocenters. The monoisotopic (exact) mass is 191 g/mol. The molecular weight excluding hydrogens is 187 g/mol. The Kier molecular flexibility index (Phi) is 13.8. The molecule has 8 heavy (non-hydrogen) atoms. The molecule has 0 rings (SSSR count). The molecule has 0 aliphatic heterocycles. The molecule has 0 N–H and O–H groups in total. The van der Waals surface area contributed by atoms with E-state index < -0.39 is 5.97 Å². The maximum absolute atomic E-state index is 9.49. The van der Waals surface area contributed by atoms with Crippen molar-refractivity contribution in [3.8, 4) is 0 Å². The van der Waals surface area contributed by atoms with E-state index in [1.54, 1.807) is 0 Å². The van der Waals surface area contributed by atoms with Gasteiger partial charge in [-0.15, -0.1) is 0 Å². The van der Waals surface area contributed by atoms with Crippen LogP contribution in [0.3, 0.4) is 0 Å². The Hall–Kier alpha value is 0.0531. The third-order valence-electron chi connectivity index (χ3n) is 0.348. The summed E-state index contributed by atoms with van der Waals surface area (Å²) in [5.41, 5.74) is 0.0648. The Bertz CT molecular complexity index is 77.3. The average molecular weight is 192 g/mol. The number of carbonyl (C=O) groups is 1. The molecule has 0 bridgehead atoms. The fourth-order valence-electron chi connectivity index (χ4n) is 0. The SMILES string of the molecule is C=C(C)C(=O)[O-].[O-2].[Zr+3]. The molecule has 0 aromatic rings. The van der Waals surface area contributed by atoms with Crippen molar-refractivity contribution in [2.75, 3.05) is 0 Å². The van der Waals surface area contributed by atoms with Crippen molar-refractivity contribution in [3.63, 3.8) is 0 Å². The first-order valence-electron chi connectivity index (χ1n) is 1.51. The number of carbonyl (C=O) groups excluding carboxylic acids is 1. The van der Waals surface area contributed by atoms with Crippen molar-refractivity contribution < 1.29 is 41.6 Å². The zero-order chi connectivity index (χ0) is 5.15. The fourth-order valence-corrected chi connectivity index (χ4v) is 0. The van der Waals surface area contributed by atoms with Crippen molar-refractivity contribution in [1.29, 1.82) is 0 Å². The number of aliphatic carboxylic acids is 1. The van der Waals surface area contributed by atoms with Gasteiger partial charge >= 0.3 is 26.2 Å². The van der Waals surface area contributed by atoms with Crippen LogP contribution in [-0.2, 0) is 36.5 Å². The Morgan fingerprint density at radius 1 is 1.62 bits per heavy atom. The van der Waals surface area contributed by atoms with Gasteiger partial charge in [0.2, 0.25) is 0 Å². The second kappa shape index (κ2) is 7.05. The van der Waals surface area contributed by atoms with Crippen molar-refractivity contribution >= 4 is 5.97 Å². The van der Waals surface area contributed by atoms with Gasteiger partial charge in [0.05, 0.1) is 5.97 Å². The third-order valence-corrected chi connectivity index (χ3v) is 0.348. The molecule has 0 aromatic carbocycles. The molecule has 0 fully saturated rings. The molecule has 4 heteroatoms. The summed E-state index contributed by atoms with van der Waals surface area (Å²) in [6.07, 6.45) is 0. The molecule has 0 spiro atoms. The molecule has 43 valence electrons. The summed E-state index contributed by atoms with van der Waals surface area (Å²) in [4.78, 5) is 9.49. The van der Waals surface area contributed by atoms with Crippen LogP contribution in [0.25, 0.3) is 0 Å². The van der Waals surface area contributed by atoms with E-state index in [1.807, 2.05) is 0 Å². The van der Waals surface area contributed by atoms with Crippen LogP contribution < -0.4 is 5.11 Å². The maximum Gasteiger partial charge on any atom is 3.00 e. The minimum atomic E-state index is -1.19. The van der Waals surface area contributed by atoms with Gasteiger partial charge in [0.15, 0.2) is 0 Å². The smallest absolute Gasteiger partial charge is 2.00 e. The summed E-state index contributed by atoms with van der Waals surface area (Å²) in [6, 6.07) is 0. The van der Waals surface area contributed by atoms with E-state index in [0.717, 1.165) is 0 Å². The maximum atomic E-state index is 9.49. The predicted octanol–water partition coefficient (Wildman–Crippen LogP) is -0.809. The van der Waals surface area contributed by atoms with Crippen LogP contribution in [-0.4, -0.2) is 5.97 Å². The third kappa shape index (κ3) is 9.41. The van der Waals surface area contributed by atoms with Crippen LogP contribution in [0.5, 0.6) is 0 Å². The molecule has 0 amide bonds. The first-order chi connectivity index (χ1) is 2.64. The van der Waals surface area contributed by atoms with E-state index in [9.17, 15) is 9.90 Å². The summed E-state index contributed by atoms with van der Waals surface area (Å²) >= 11 is 0. The van der Waals surface area contributed by atoms with Gasteiger partial charge in [0, 0.05) is 0 Å². The second-order valence-corrected chi connectivity index (χ2v) is 1.07. The van der Waals surface area contributed by atoms with Gasteiger partial charge in [-0.25, -0.2) is 0 Å². The normalized spacial score (nSPS) is 5.62. The molecular formula is C4H5O3Zr. The van der Waals surface area contributed by atoms with E-state index in [2.05, 4.69) is 6.58 Å². The fraction of sp³-hybridized carbons (Fsp3) is 0.250. The number of carboxylic acid groups (broad SMARTS) is 1. The summed E-state index contributed by atoms with van der Waals surface area (Å²) in [6.45, 7) is 4.48. The van der Waals surface area contributed by atoms with Crippen molar-refractivity contribution in [2.45, 2.75) is 6.92 Å². The van der Waals surface area contributed by atoms with E-state index in [-0.39, 0.29) is 37.3 Å². The first kappa shape index (κ1) is 15.7. The van der Waals surface area contributed by atoms with Crippen LogP contribution in [0.1, 0.15) is 6.92 Å². The molecule has 0 saturated carbocycles. The zero-order valence-electron chi connectivity index (χ0n) is 4.43. The van der Waals surface area contributed by atoms with Crippen LogP contribution in [0, 0.1) is 0 Å². The molecule has 0 aromatic heterocycles. The Balaban J connectivity index is -0.000000125. The number of hydrogen-bond acceptors (Lipinski definition) is 2. The molecule has 0 aliphatic carbocycles. The Labute approximate surface area is 66.8 Å². The minimum absolute atomic E-state index is 0. The first-order valence-corrected chi connectivity index (χ1v) is 1.51. The number of carboxylic acids is 1. The number of hydrogen-bond donors (Lipinski definition) is 0. The second-order valence-electron chi connectivity index (χ2n) is 1.07. The van der Waals surface area contributed by atoms with Gasteiger partial charge in [0.25, 0.3) is 0 Å². The summed E-state index contributed by atoms with van der Waals surface area (Å²) in [5, 5.41) is 9.49. The van der Waals surface area contributed by atoms with Crippen LogP contribution in [0.4, 0.5) is 0 Å². The summed E-state index contributed by atoms with van der Waals surface area (Å²) in [7, 11) is 0. The van der Waals surface area contributed by atoms with E-state index in [1.165, 1.54) is 6.92 Å².